The summed E-state index contributed by atoms with van der Waals surface area (Å²) < 4.78 is 24.1. The van der Waals surface area contributed by atoms with Crippen LogP contribution in [-0.2, 0) is 28.2 Å². The van der Waals surface area contributed by atoms with Gasteiger partial charge in [-0.1, -0.05) is 96.8 Å². The highest BCUT2D eigenvalue weighted by Crippen LogP contribution is 2.42. The molecule has 11 nitrogen and oxygen atoms in total. The fraction of sp³-hybridized carbons (Fsp3) is 0.833. The van der Waals surface area contributed by atoms with Crippen LogP contribution in [0.3, 0.4) is 0 Å². The highest BCUT2D eigenvalue weighted by atomic mass is 31.2. The molecule has 0 aliphatic carbocycles. The first-order valence-electron chi connectivity index (χ1n) is 13.0. The highest BCUT2D eigenvalue weighted by molar-refractivity contribution is 7.46. The van der Waals surface area contributed by atoms with Gasteiger partial charge in [-0.15, -0.1) is 0 Å². The van der Waals surface area contributed by atoms with Crippen molar-refractivity contribution >= 4 is 19.8 Å². The van der Waals surface area contributed by atoms with Gasteiger partial charge in [-0.05, 0) is 6.42 Å². The van der Waals surface area contributed by atoms with Gasteiger partial charge < -0.3 is 29.3 Å². The number of unbranched alkanes of at least 4 members (excludes halogenated alkanes) is 14. The molecule has 0 spiro atoms. The van der Waals surface area contributed by atoms with Crippen LogP contribution in [0.15, 0.2) is 11.5 Å². The molecule has 0 fully saturated rings. The molecule has 210 valence electrons. The van der Waals surface area contributed by atoms with Gasteiger partial charge >= 0.3 is 19.8 Å². The van der Waals surface area contributed by atoms with Crippen molar-refractivity contribution in [1.82, 2.24) is 0 Å². The minimum absolute atomic E-state index is 0.0148. The molecule has 0 bridgehead atoms. The van der Waals surface area contributed by atoms with Crippen molar-refractivity contribution in [2.75, 3.05) is 0 Å². The van der Waals surface area contributed by atoms with E-state index in [2.05, 4.69) is 16.2 Å². The molecule has 0 saturated carbocycles. The van der Waals surface area contributed by atoms with Crippen LogP contribution in [0.5, 0.6) is 0 Å². The van der Waals surface area contributed by atoms with E-state index in [1.165, 1.54) is 64.2 Å². The van der Waals surface area contributed by atoms with E-state index in [-0.39, 0.29) is 6.42 Å². The number of phosphoric ester groups is 1. The van der Waals surface area contributed by atoms with Crippen molar-refractivity contribution < 1.29 is 53.3 Å². The summed E-state index contributed by atoms with van der Waals surface area (Å²) in [5, 5.41) is 29.8. The minimum atomic E-state index is -5.18. The SMILES string of the molecule is CCCCCCCCCCCCCCCCCC(=O)OC(O)[C@H](O)[C@H]1OC(=O)C(OP(=O)(O)O)=C1O. The molecule has 1 rings (SSSR count). The van der Waals surface area contributed by atoms with Crippen LogP contribution in [0.2, 0.25) is 0 Å². The monoisotopic (exact) mass is 538 g/mol. The van der Waals surface area contributed by atoms with Crippen LogP contribution in [0.25, 0.3) is 0 Å². The quantitative estimate of drug-likeness (QED) is 0.0609. The maximum atomic E-state index is 11.9. The third-order valence-electron chi connectivity index (χ3n) is 5.97. The van der Waals surface area contributed by atoms with Gasteiger partial charge in [0.25, 0.3) is 5.76 Å². The standard InChI is InChI=1S/C24H43O11P/c1-2-3-4-5-6-7-8-9-10-11-12-13-14-15-16-17-18(25)33-23(28)20(27)21-19(26)22(24(29)34-21)35-36(30,31)32/h20-21,23,26-28H,2-17H2,1H3,(H2,30,31,32)/t20-,21+,23?/m1/s1. The van der Waals surface area contributed by atoms with E-state index in [9.17, 15) is 29.5 Å². The number of rotatable bonds is 21. The molecule has 1 aliphatic heterocycles. The summed E-state index contributed by atoms with van der Waals surface area (Å²) >= 11 is 0. The second-order valence-electron chi connectivity index (χ2n) is 9.19. The van der Waals surface area contributed by atoms with Gasteiger partial charge in [0.05, 0.1) is 0 Å². The molecule has 1 heterocycles. The van der Waals surface area contributed by atoms with Crippen LogP contribution in [0.4, 0.5) is 0 Å². The summed E-state index contributed by atoms with van der Waals surface area (Å²) in [7, 11) is -5.18. The van der Waals surface area contributed by atoms with Gasteiger partial charge in [-0.25, -0.2) is 9.36 Å². The summed E-state index contributed by atoms with van der Waals surface area (Å²) in [6.45, 7) is 2.23. The van der Waals surface area contributed by atoms with E-state index in [4.69, 9.17) is 14.5 Å². The van der Waals surface area contributed by atoms with Crippen molar-refractivity contribution in [3.8, 4) is 0 Å². The third kappa shape index (κ3) is 13.6. The lowest BCUT2D eigenvalue weighted by atomic mass is 10.0. The predicted molar refractivity (Wildman–Crippen MR) is 130 cm³/mol. The van der Waals surface area contributed by atoms with Gasteiger partial charge in [0.15, 0.2) is 18.0 Å². The third-order valence-corrected chi connectivity index (χ3v) is 6.39. The summed E-state index contributed by atoms with van der Waals surface area (Å²) in [6, 6.07) is 0. The zero-order chi connectivity index (χ0) is 27.0. The molecule has 0 aromatic rings. The maximum Gasteiger partial charge on any atom is 0.525 e. The molecule has 0 radical (unpaired) electrons. The molecule has 0 saturated heterocycles. The molecule has 36 heavy (non-hydrogen) atoms. The molecule has 1 aliphatic rings. The van der Waals surface area contributed by atoms with E-state index in [1.807, 2.05) is 0 Å². The van der Waals surface area contributed by atoms with Gasteiger partial charge in [0.2, 0.25) is 6.29 Å². The zero-order valence-corrected chi connectivity index (χ0v) is 22.1. The average molecular weight is 539 g/mol. The Balaban J connectivity index is 2.11. The lowest BCUT2D eigenvalue weighted by Crippen LogP contribution is -2.41. The number of cyclic esters (lactones) is 1. The van der Waals surface area contributed by atoms with Crippen LogP contribution in [0, 0.1) is 0 Å². The van der Waals surface area contributed by atoms with E-state index >= 15 is 0 Å². The van der Waals surface area contributed by atoms with Gasteiger partial charge in [0, 0.05) is 6.42 Å². The maximum absolute atomic E-state index is 11.9. The fourth-order valence-corrected chi connectivity index (χ4v) is 4.35. The Morgan fingerprint density at radius 2 is 1.33 bits per heavy atom. The number of phosphoric acid groups is 1. The summed E-state index contributed by atoms with van der Waals surface area (Å²) in [6.07, 6.45) is 11.6. The van der Waals surface area contributed by atoms with E-state index in [0.29, 0.717) is 6.42 Å². The topological polar surface area (TPSA) is 180 Å². The summed E-state index contributed by atoms with van der Waals surface area (Å²) in [5.41, 5.74) is 0. The van der Waals surface area contributed by atoms with Gasteiger partial charge in [-0.3, -0.25) is 14.6 Å². The first kappa shape index (κ1) is 32.4. The van der Waals surface area contributed by atoms with Crippen LogP contribution < -0.4 is 0 Å². The Morgan fingerprint density at radius 3 is 1.78 bits per heavy atom. The van der Waals surface area contributed by atoms with Crippen LogP contribution in [-0.4, -0.2) is 55.5 Å². The molecule has 1 unspecified atom stereocenters. The first-order chi connectivity index (χ1) is 17.1. The fourth-order valence-electron chi connectivity index (χ4n) is 3.95. The summed E-state index contributed by atoms with van der Waals surface area (Å²) in [5.74, 6) is -4.55. The molecule has 12 heteroatoms. The Bertz CT molecular complexity index is 734. The molecular formula is C24H43O11P. The number of carbonyl (C=O) groups excluding carboxylic acids is 2. The van der Waals surface area contributed by atoms with Crippen molar-refractivity contribution in [3.63, 3.8) is 0 Å². The zero-order valence-electron chi connectivity index (χ0n) is 21.2. The van der Waals surface area contributed by atoms with E-state index in [1.54, 1.807) is 0 Å². The number of aliphatic hydroxyl groups excluding tert-OH is 3. The molecule has 0 aromatic heterocycles. The van der Waals surface area contributed by atoms with Crippen LogP contribution in [0.1, 0.15) is 110 Å². The van der Waals surface area contributed by atoms with Crippen molar-refractivity contribution in [1.29, 1.82) is 0 Å². The van der Waals surface area contributed by atoms with E-state index < -0.39 is 49.8 Å². The number of carbonyl (C=O) groups is 2. The lowest BCUT2D eigenvalue weighted by molar-refractivity contribution is -0.200. The molecule has 3 atom stereocenters. The average Bonchev–Trinajstić information content (AvgIpc) is 3.08. The lowest BCUT2D eigenvalue weighted by Gasteiger charge is -2.22. The molecular weight excluding hydrogens is 495 g/mol. The van der Waals surface area contributed by atoms with E-state index in [0.717, 1.165) is 25.7 Å². The number of ether oxygens (including phenoxy) is 2. The first-order valence-corrected chi connectivity index (χ1v) is 14.5. The molecule has 0 amide bonds. The van der Waals surface area contributed by atoms with Crippen molar-refractivity contribution in [3.05, 3.63) is 11.5 Å². The minimum Gasteiger partial charge on any atom is -0.505 e. The Morgan fingerprint density at radius 1 is 0.889 bits per heavy atom. The highest BCUT2D eigenvalue weighted by Gasteiger charge is 2.46. The van der Waals surface area contributed by atoms with Gasteiger partial charge in [0.1, 0.15) is 0 Å². The van der Waals surface area contributed by atoms with Crippen molar-refractivity contribution in [2.45, 2.75) is 128 Å². The summed E-state index contributed by atoms with van der Waals surface area (Å²) in [4.78, 5) is 41.0. The van der Waals surface area contributed by atoms with Crippen molar-refractivity contribution in [2.24, 2.45) is 0 Å². The number of aliphatic hydroxyl groups is 3. The number of hydrogen-bond acceptors (Lipinski definition) is 9. The molecule has 0 aromatic carbocycles. The normalized spacial score (nSPS) is 17.7. The van der Waals surface area contributed by atoms with Crippen LogP contribution >= 0.6 is 7.82 Å². The Kier molecular flexibility index (Phi) is 16.0. The molecule has 5 N–H and O–H groups in total. The largest absolute Gasteiger partial charge is 0.525 e. The van der Waals surface area contributed by atoms with Gasteiger partial charge in [-0.2, -0.15) is 0 Å². The smallest absolute Gasteiger partial charge is 0.505 e. The predicted octanol–water partition coefficient (Wildman–Crippen LogP) is 4.27. The second-order valence-corrected chi connectivity index (χ2v) is 10.4. The number of hydrogen-bond donors (Lipinski definition) is 5. The second kappa shape index (κ2) is 17.7. The Labute approximate surface area is 213 Å². The number of esters is 2. The Hall–Kier alpha value is -1.65.